The summed E-state index contributed by atoms with van der Waals surface area (Å²) < 4.78 is 22.5. The maximum atomic E-state index is 13.7. The summed E-state index contributed by atoms with van der Waals surface area (Å²) in [4.78, 5) is 23.6. The Labute approximate surface area is 159 Å². The first-order chi connectivity index (χ1) is 13.5. The van der Waals surface area contributed by atoms with Crippen molar-refractivity contribution in [3.8, 4) is 17.2 Å². The number of aromatic nitrogens is 3. The van der Waals surface area contributed by atoms with Crippen molar-refractivity contribution in [2.45, 2.75) is 6.92 Å². The van der Waals surface area contributed by atoms with Crippen LogP contribution in [0.1, 0.15) is 15.9 Å². The lowest BCUT2D eigenvalue weighted by atomic mass is 10.1. The van der Waals surface area contributed by atoms with Gasteiger partial charge in [0.15, 0.2) is 0 Å². The fourth-order valence-corrected chi connectivity index (χ4v) is 3.03. The molecule has 2 aromatic heterocycles. The van der Waals surface area contributed by atoms with E-state index in [-0.39, 0.29) is 5.56 Å². The van der Waals surface area contributed by atoms with Crippen molar-refractivity contribution in [3.63, 3.8) is 0 Å². The Morgan fingerprint density at radius 1 is 1.11 bits per heavy atom. The Bertz CT molecular complexity index is 1270. The molecule has 0 atom stereocenters. The van der Waals surface area contributed by atoms with Gasteiger partial charge in [0.1, 0.15) is 29.2 Å². The third kappa shape index (κ3) is 2.96. The van der Waals surface area contributed by atoms with Crippen LogP contribution in [0.4, 0.5) is 4.39 Å². The van der Waals surface area contributed by atoms with Crippen LogP contribution in [0.3, 0.4) is 0 Å². The van der Waals surface area contributed by atoms with Crippen molar-refractivity contribution in [3.05, 3.63) is 82.0 Å². The van der Waals surface area contributed by atoms with E-state index in [9.17, 15) is 14.0 Å². The van der Waals surface area contributed by atoms with Crippen LogP contribution in [0.25, 0.3) is 16.7 Å². The number of pyridine rings is 1. The van der Waals surface area contributed by atoms with Crippen LogP contribution in [0.15, 0.2) is 59.5 Å². The molecule has 0 fully saturated rings. The van der Waals surface area contributed by atoms with E-state index in [1.165, 1.54) is 27.4 Å². The maximum Gasteiger partial charge on any atom is 0.255 e. The Morgan fingerprint density at radius 3 is 2.68 bits per heavy atom. The molecule has 0 aliphatic rings. The van der Waals surface area contributed by atoms with Gasteiger partial charge in [0.05, 0.1) is 17.3 Å². The average molecular weight is 377 g/mol. The highest BCUT2D eigenvalue weighted by Crippen LogP contribution is 2.31. The molecule has 4 rings (SSSR count). The summed E-state index contributed by atoms with van der Waals surface area (Å²) in [6.07, 6.45) is 2.29. The first kappa shape index (κ1) is 17.7. The number of aldehydes is 1. The second-order valence-corrected chi connectivity index (χ2v) is 6.42. The molecule has 2 aromatic carbocycles. The predicted octanol–water partition coefficient (Wildman–Crippen LogP) is 3.78. The molecule has 7 heteroatoms. The number of ether oxygens (including phenoxy) is 1. The molecule has 0 aliphatic heterocycles. The molecule has 0 N–H and O–H groups in total. The van der Waals surface area contributed by atoms with Gasteiger partial charge in [0.25, 0.3) is 5.56 Å². The van der Waals surface area contributed by atoms with Crippen molar-refractivity contribution >= 4 is 17.3 Å². The lowest BCUT2D eigenvalue weighted by molar-refractivity contribution is 0.112. The largest absolute Gasteiger partial charge is 0.456 e. The molecule has 2 heterocycles. The number of carbonyl (C=O) groups is 1. The molecule has 0 spiro atoms. The van der Waals surface area contributed by atoms with Gasteiger partial charge in [-0.15, -0.1) is 0 Å². The second kappa shape index (κ2) is 6.77. The summed E-state index contributed by atoms with van der Waals surface area (Å²) in [7, 11) is 1.62. The number of benzene rings is 2. The summed E-state index contributed by atoms with van der Waals surface area (Å²) in [5, 5.41) is 4.91. The zero-order valence-electron chi connectivity index (χ0n) is 15.2. The normalized spacial score (nSPS) is 11.0. The Kier molecular flexibility index (Phi) is 4.27. The number of nitrogens with zero attached hydrogens (tertiary/aromatic N) is 3. The zero-order valence-corrected chi connectivity index (χ0v) is 15.2. The molecule has 28 heavy (non-hydrogen) atoms. The van der Waals surface area contributed by atoms with Gasteiger partial charge in [0.2, 0.25) is 0 Å². The number of halogens is 1. The quantitative estimate of drug-likeness (QED) is 0.508. The van der Waals surface area contributed by atoms with Gasteiger partial charge in [-0.25, -0.2) is 9.07 Å². The summed E-state index contributed by atoms with van der Waals surface area (Å²) >= 11 is 0. The number of carbonyl (C=O) groups excluding carboxylic acids is 1. The van der Waals surface area contributed by atoms with E-state index >= 15 is 0 Å². The lowest BCUT2D eigenvalue weighted by Gasteiger charge is -2.12. The Morgan fingerprint density at radius 2 is 1.93 bits per heavy atom. The summed E-state index contributed by atoms with van der Waals surface area (Å²) in [5.74, 6) is 0.379. The highest BCUT2D eigenvalue weighted by molar-refractivity contribution is 5.84. The van der Waals surface area contributed by atoms with Crippen LogP contribution in [0.2, 0.25) is 0 Å². The summed E-state index contributed by atoms with van der Waals surface area (Å²) in [6, 6.07) is 12.4. The molecule has 6 nitrogen and oxygen atoms in total. The van der Waals surface area contributed by atoms with E-state index < -0.39 is 5.82 Å². The van der Waals surface area contributed by atoms with Gasteiger partial charge in [-0.1, -0.05) is 18.2 Å². The second-order valence-electron chi connectivity index (χ2n) is 6.42. The smallest absolute Gasteiger partial charge is 0.255 e. The van der Waals surface area contributed by atoms with Crippen molar-refractivity contribution < 1.29 is 13.9 Å². The monoisotopic (exact) mass is 377 g/mol. The fourth-order valence-electron chi connectivity index (χ4n) is 3.03. The minimum absolute atomic E-state index is 0.301. The Balaban J connectivity index is 1.91. The number of hydrogen-bond donors (Lipinski definition) is 0. The maximum absolute atomic E-state index is 13.7. The molecule has 0 radical (unpaired) electrons. The van der Waals surface area contributed by atoms with Crippen molar-refractivity contribution in [2.75, 3.05) is 0 Å². The molecule has 0 amide bonds. The first-order valence-corrected chi connectivity index (χ1v) is 8.55. The Hall–Kier alpha value is -3.74. The van der Waals surface area contributed by atoms with Gasteiger partial charge < -0.3 is 4.74 Å². The highest BCUT2D eigenvalue weighted by Gasteiger charge is 2.16. The molecular weight excluding hydrogens is 361 g/mol. The molecule has 4 aromatic rings. The van der Waals surface area contributed by atoms with Gasteiger partial charge in [-0.3, -0.25) is 14.2 Å². The molecular formula is C21H16FN3O3. The van der Waals surface area contributed by atoms with E-state index in [4.69, 9.17) is 4.74 Å². The molecule has 0 unspecified atom stereocenters. The molecule has 0 bridgehead atoms. The summed E-state index contributed by atoms with van der Waals surface area (Å²) in [5.41, 5.74) is 1.94. The summed E-state index contributed by atoms with van der Waals surface area (Å²) in [6.45, 7) is 1.85. The van der Waals surface area contributed by atoms with Crippen LogP contribution < -0.4 is 10.3 Å². The van der Waals surface area contributed by atoms with Crippen LogP contribution in [0, 0.1) is 12.7 Å². The topological polar surface area (TPSA) is 66.1 Å². The van der Waals surface area contributed by atoms with Crippen LogP contribution >= 0.6 is 0 Å². The van der Waals surface area contributed by atoms with E-state index in [2.05, 4.69) is 5.10 Å². The predicted molar refractivity (Wildman–Crippen MR) is 103 cm³/mol. The van der Waals surface area contributed by atoms with Crippen molar-refractivity contribution in [1.82, 2.24) is 14.3 Å². The van der Waals surface area contributed by atoms with Crippen LogP contribution in [-0.4, -0.2) is 20.6 Å². The van der Waals surface area contributed by atoms with E-state index in [0.29, 0.717) is 33.8 Å². The fraction of sp³-hybridized carbons (Fsp3) is 0.0952. The van der Waals surface area contributed by atoms with Crippen molar-refractivity contribution in [2.24, 2.45) is 7.05 Å². The van der Waals surface area contributed by atoms with Crippen LogP contribution in [-0.2, 0) is 7.05 Å². The number of rotatable bonds is 4. The SMILES string of the molecule is Cc1ccc(C=O)cc1Oc1cc(=O)n(C)c2c1cnn2-c1cccc(F)c1. The standard InChI is InChI=1S/C21H16FN3O3/c1-13-6-7-14(12-26)8-18(13)28-19-10-20(27)24(2)21-17(19)11-23-25(21)16-5-3-4-15(22)9-16/h3-12H,1-2H3. The van der Waals surface area contributed by atoms with Crippen molar-refractivity contribution in [1.29, 1.82) is 0 Å². The van der Waals surface area contributed by atoms with E-state index in [1.54, 1.807) is 43.6 Å². The number of fused-ring (bicyclic) bond motifs is 1. The minimum atomic E-state index is -0.403. The lowest BCUT2D eigenvalue weighted by Crippen LogP contribution is -2.18. The van der Waals surface area contributed by atoms with E-state index in [0.717, 1.165) is 11.8 Å². The zero-order chi connectivity index (χ0) is 19.8. The van der Waals surface area contributed by atoms with Gasteiger partial charge in [-0.05, 0) is 36.8 Å². The van der Waals surface area contributed by atoms with Gasteiger partial charge in [-0.2, -0.15) is 5.10 Å². The number of hydrogen-bond acceptors (Lipinski definition) is 4. The van der Waals surface area contributed by atoms with E-state index in [1.807, 2.05) is 6.92 Å². The van der Waals surface area contributed by atoms with Gasteiger partial charge in [0, 0.05) is 18.7 Å². The number of aryl methyl sites for hydroxylation is 2. The third-order valence-corrected chi connectivity index (χ3v) is 4.53. The third-order valence-electron chi connectivity index (χ3n) is 4.53. The van der Waals surface area contributed by atoms with Gasteiger partial charge >= 0.3 is 0 Å². The molecule has 140 valence electrons. The highest BCUT2D eigenvalue weighted by atomic mass is 19.1. The molecule has 0 aliphatic carbocycles. The first-order valence-electron chi connectivity index (χ1n) is 8.55. The minimum Gasteiger partial charge on any atom is -0.456 e. The molecule has 0 saturated heterocycles. The average Bonchev–Trinajstić information content (AvgIpc) is 3.13. The van der Waals surface area contributed by atoms with Crippen LogP contribution in [0.5, 0.6) is 11.5 Å². The molecule has 0 saturated carbocycles.